The molecule has 0 amide bonds. The number of hydrogen-bond acceptors (Lipinski definition) is 4. The van der Waals surface area contributed by atoms with Crippen LogP contribution in [0.2, 0.25) is 0 Å². The normalized spacial score (nSPS) is 10.0. The van der Waals surface area contributed by atoms with E-state index in [4.69, 9.17) is 10.00 Å². The van der Waals surface area contributed by atoms with Gasteiger partial charge >= 0.3 is 5.97 Å². The number of nitriles is 1. The molecule has 0 aliphatic carbocycles. The summed E-state index contributed by atoms with van der Waals surface area (Å²) in [6.45, 7) is 2.16. The Labute approximate surface area is 94.2 Å². The summed E-state index contributed by atoms with van der Waals surface area (Å²) in [6, 6.07) is 5.37. The lowest BCUT2D eigenvalue weighted by Gasteiger charge is -1.97. The number of carbonyl (C=O) groups is 1. The van der Waals surface area contributed by atoms with Crippen molar-refractivity contribution in [1.82, 2.24) is 4.98 Å². The van der Waals surface area contributed by atoms with Crippen LogP contribution in [-0.2, 0) is 9.53 Å². The van der Waals surface area contributed by atoms with E-state index in [1.807, 2.05) is 6.07 Å². The number of esters is 1. The van der Waals surface area contributed by atoms with Gasteiger partial charge in [-0.1, -0.05) is 12.2 Å². The molecule has 1 rings (SSSR count). The van der Waals surface area contributed by atoms with E-state index in [1.54, 1.807) is 37.4 Å². The highest BCUT2D eigenvalue weighted by Crippen LogP contribution is 2.04. The van der Waals surface area contributed by atoms with Crippen molar-refractivity contribution >= 4 is 12.0 Å². The van der Waals surface area contributed by atoms with Gasteiger partial charge in [-0.3, -0.25) is 4.79 Å². The van der Waals surface area contributed by atoms with Crippen molar-refractivity contribution in [2.45, 2.75) is 13.3 Å². The van der Waals surface area contributed by atoms with E-state index in [9.17, 15) is 4.79 Å². The summed E-state index contributed by atoms with van der Waals surface area (Å²) in [5.41, 5.74) is 1.20. The second kappa shape index (κ2) is 6.36. The third kappa shape index (κ3) is 3.93. The van der Waals surface area contributed by atoms with Crippen LogP contribution in [0.15, 0.2) is 24.4 Å². The van der Waals surface area contributed by atoms with Crippen LogP contribution >= 0.6 is 0 Å². The molecule has 0 saturated heterocycles. The summed E-state index contributed by atoms with van der Waals surface area (Å²) in [4.78, 5) is 14.9. The SMILES string of the molecule is CCOC(=O)CC=Cc1ccnc(C#N)c1. The molecule has 0 atom stereocenters. The van der Waals surface area contributed by atoms with Crippen molar-refractivity contribution in [3.63, 3.8) is 0 Å². The molecule has 82 valence electrons. The zero-order valence-corrected chi connectivity index (χ0v) is 9.01. The summed E-state index contributed by atoms with van der Waals surface area (Å²) >= 11 is 0. The average molecular weight is 216 g/mol. The molecule has 1 aromatic heterocycles. The van der Waals surface area contributed by atoms with Crippen molar-refractivity contribution in [3.05, 3.63) is 35.7 Å². The Morgan fingerprint density at radius 2 is 2.50 bits per heavy atom. The number of aromatic nitrogens is 1. The Bertz CT molecular complexity index is 433. The van der Waals surface area contributed by atoms with E-state index in [0.717, 1.165) is 5.56 Å². The summed E-state index contributed by atoms with van der Waals surface area (Å²) < 4.78 is 4.77. The quantitative estimate of drug-likeness (QED) is 0.721. The topological polar surface area (TPSA) is 63.0 Å². The first kappa shape index (κ1) is 11.9. The van der Waals surface area contributed by atoms with Gasteiger partial charge in [-0.25, -0.2) is 4.98 Å². The highest BCUT2D eigenvalue weighted by molar-refractivity contribution is 5.72. The van der Waals surface area contributed by atoms with Crippen molar-refractivity contribution < 1.29 is 9.53 Å². The van der Waals surface area contributed by atoms with Crippen LogP contribution < -0.4 is 0 Å². The zero-order chi connectivity index (χ0) is 11.8. The van der Waals surface area contributed by atoms with E-state index in [1.165, 1.54) is 0 Å². The van der Waals surface area contributed by atoms with Crippen molar-refractivity contribution in [3.8, 4) is 6.07 Å². The summed E-state index contributed by atoms with van der Waals surface area (Å²) in [5.74, 6) is -0.256. The molecule has 0 spiro atoms. The highest BCUT2D eigenvalue weighted by atomic mass is 16.5. The fourth-order valence-corrected chi connectivity index (χ4v) is 1.12. The molecule has 0 aromatic carbocycles. The molecule has 0 bridgehead atoms. The Kier molecular flexibility index (Phi) is 4.74. The van der Waals surface area contributed by atoms with Crippen LogP contribution in [0.5, 0.6) is 0 Å². The second-order valence-electron chi connectivity index (χ2n) is 3.00. The monoisotopic (exact) mass is 216 g/mol. The largest absolute Gasteiger partial charge is 0.466 e. The molecule has 0 fully saturated rings. The van der Waals surface area contributed by atoms with Crippen LogP contribution in [0.25, 0.3) is 6.08 Å². The molecule has 1 aromatic rings. The van der Waals surface area contributed by atoms with Crippen LogP contribution in [0.3, 0.4) is 0 Å². The van der Waals surface area contributed by atoms with Crippen molar-refractivity contribution in [1.29, 1.82) is 5.26 Å². The van der Waals surface area contributed by atoms with E-state index < -0.39 is 0 Å². The molecule has 4 nitrogen and oxygen atoms in total. The lowest BCUT2D eigenvalue weighted by molar-refractivity contribution is -0.142. The first-order valence-corrected chi connectivity index (χ1v) is 4.94. The summed E-state index contributed by atoms with van der Waals surface area (Å²) in [5, 5.41) is 8.63. The van der Waals surface area contributed by atoms with Gasteiger partial charge in [-0.15, -0.1) is 0 Å². The minimum atomic E-state index is -0.256. The molecule has 4 heteroatoms. The molecular formula is C12H12N2O2. The molecule has 0 saturated carbocycles. The van der Waals surface area contributed by atoms with Gasteiger partial charge in [0.05, 0.1) is 13.0 Å². The molecule has 0 N–H and O–H groups in total. The number of ether oxygens (including phenoxy) is 1. The lowest BCUT2D eigenvalue weighted by atomic mass is 10.2. The second-order valence-corrected chi connectivity index (χ2v) is 3.00. The fourth-order valence-electron chi connectivity index (χ4n) is 1.12. The van der Waals surface area contributed by atoms with Gasteiger partial charge in [0.15, 0.2) is 0 Å². The molecule has 1 heterocycles. The Balaban J connectivity index is 2.56. The van der Waals surface area contributed by atoms with E-state index >= 15 is 0 Å². The fraction of sp³-hybridized carbons (Fsp3) is 0.250. The molecule has 0 aliphatic heterocycles. The average Bonchev–Trinajstić information content (AvgIpc) is 2.30. The van der Waals surface area contributed by atoms with Gasteiger partial charge in [0.1, 0.15) is 11.8 Å². The molecule has 16 heavy (non-hydrogen) atoms. The van der Waals surface area contributed by atoms with E-state index in [0.29, 0.717) is 12.3 Å². The van der Waals surface area contributed by atoms with E-state index in [2.05, 4.69) is 4.98 Å². The summed E-state index contributed by atoms with van der Waals surface area (Å²) in [6.07, 6.45) is 5.26. The Morgan fingerprint density at radius 1 is 1.69 bits per heavy atom. The lowest BCUT2D eigenvalue weighted by Crippen LogP contribution is -2.01. The van der Waals surface area contributed by atoms with Crippen LogP contribution in [0.1, 0.15) is 24.6 Å². The van der Waals surface area contributed by atoms with Gasteiger partial charge in [0.25, 0.3) is 0 Å². The van der Waals surface area contributed by atoms with Gasteiger partial charge in [-0.05, 0) is 24.6 Å². The maximum Gasteiger partial charge on any atom is 0.309 e. The van der Waals surface area contributed by atoms with Gasteiger partial charge < -0.3 is 4.74 Å². The number of hydrogen-bond donors (Lipinski definition) is 0. The third-order valence-electron chi connectivity index (χ3n) is 1.80. The van der Waals surface area contributed by atoms with Gasteiger partial charge in [0.2, 0.25) is 0 Å². The maximum absolute atomic E-state index is 11.0. The molecule has 0 aliphatic rings. The number of nitrogens with zero attached hydrogens (tertiary/aromatic N) is 2. The predicted octanol–water partition coefficient (Wildman–Crippen LogP) is 1.92. The first-order chi connectivity index (χ1) is 7.76. The van der Waals surface area contributed by atoms with E-state index in [-0.39, 0.29) is 12.4 Å². The first-order valence-electron chi connectivity index (χ1n) is 4.94. The Hall–Kier alpha value is -2.15. The molecule has 0 radical (unpaired) electrons. The summed E-state index contributed by atoms with van der Waals surface area (Å²) in [7, 11) is 0. The minimum absolute atomic E-state index is 0.234. The number of carbonyl (C=O) groups excluding carboxylic acids is 1. The van der Waals surface area contributed by atoms with Gasteiger partial charge in [0, 0.05) is 6.20 Å². The standard InChI is InChI=1S/C12H12N2O2/c1-2-16-12(15)5-3-4-10-6-7-14-11(8-10)9-13/h3-4,6-8H,2,5H2,1H3. The molecule has 0 unspecified atom stereocenters. The van der Waals surface area contributed by atoms with Crippen molar-refractivity contribution in [2.75, 3.05) is 6.61 Å². The predicted molar refractivity (Wildman–Crippen MR) is 59.2 cm³/mol. The van der Waals surface area contributed by atoms with Crippen LogP contribution in [0, 0.1) is 11.3 Å². The Morgan fingerprint density at radius 3 is 3.19 bits per heavy atom. The number of rotatable bonds is 4. The maximum atomic E-state index is 11.0. The zero-order valence-electron chi connectivity index (χ0n) is 9.01. The smallest absolute Gasteiger partial charge is 0.309 e. The highest BCUT2D eigenvalue weighted by Gasteiger charge is 1.97. The van der Waals surface area contributed by atoms with Crippen LogP contribution in [0.4, 0.5) is 0 Å². The van der Waals surface area contributed by atoms with Crippen LogP contribution in [-0.4, -0.2) is 17.6 Å². The van der Waals surface area contributed by atoms with Crippen molar-refractivity contribution in [2.24, 2.45) is 0 Å². The van der Waals surface area contributed by atoms with Gasteiger partial charge in [-0.2, -0.15) is 5.26 Å². The molecular weight excluding hydrogens is 204 g/mol. The number of pyridine rings is 1. The minimum Gasteiger partial charge on any atom is -0.466 e. The third-order valence-corrected chi connectivity index (χ3v) is 1.80.